The average molecular weight is 415 g/mol. The number of benzene rings is 2. The molecule has 5 nitrogen and oxygen atoms in total. The Morgan fingerprint density at radius 2 is 1.65 bits per heavy atom. The Kier molecular flexibility index (Phi) is 6.94. The molecule has 1 amide bonds. The van der Waals surface area contributed by atoms with Crippen LogP contribution in [0.5, 0.6) is 0 Å². The van der Waals surface area contributed by atoms with E-state index in [4.69, 9.17) is 0 Å². The molecule has 0 aliphatic carbocycles. The zero-order chi connectivity index (χ0) is 18.2. The molecule has 6 heteroatoms. The molecule has 1 N–H and O–H groups in total. The summed E-state index contributed by atoms with van der Waals surface area (Å²) in [5, 5.41) is 4.05. The maximum atomic E-state index is 12.1. The number of rotatable bonds is 6. The smallest absolute Gasteiger partial charge is 0.254 e. The minimum Gasteiger partial charge on any atom is -0.297 e. The molecule has 26 heavy (non-hydrogen) atoms. The van der Waals surface area contributed by atoms with Gasteiger partial charge in [0.05, 0.1) is 12.8 Å². The van der Waals surface area contributed by atoms with Crippen molar-refractivity contribution in [3.05, 3.63) is 70.2 Å². The number of piperazine rings is 1. The topological polar surface area (TPSA) is 47.9 Å². The number of hydrazone groups is 1. The van der Waals surface area contributed by atoms with Crippen molar-refractivity contribution in [2.75, 3.05) is 32.7 Å². The standard InChI is InChI=1S/C20H23BrN4O/c21-19-9-5-4-8-18(19)14-22-23-20(26)16-25-12-10-24(11-13-25)15-17-6-2-1-3-7-17/h1-9,14H,10-13,15-16H2,(H,23,26). The van der Waals surface area contributed by atoms with Gasteiger partial charge in [0.1, 0.15) is 0 Å². The third kappa shape index (κ3) is 5.76. The number of amides is 1. The van der Waals surface area contributed by atoms with Crippen molar-refractivity contribution in [1.82, 2.24) is 15.2 Å². The summed E-state index contributed by atoms with van der Waals surface area (Å²) in [6.07, 6.45) is 1.65. The minimum absolute atomic E-state index is 0.0789. The molecule has 136 valence electrons. The highest BCUT2D eigenvalue weighted by molar-refractivity contribution is 9.10. The molecular weight excluding hydrogens is 392 g/mol. The van der Waals surface area contributed by atoms with Crippen LogP contribution >= 0.6 is 15.9 Å². The van der Waals surface area contributed by atoms with Crippen LogP contribution in [0.1, 0.15) is 11.1 Å². The number of halogens is 1. The Labute approximate surface area is 162 Å². The predicted octanol–water partition coefficient (Wildman–Crippen LogP) is 2.72. The maximum Gasteiger partial charge on any atom is 0.254 e. The molecule has 0 radical (unpaired) electrons. The molecule has 1 fully saturated rings. The maximum absolute atomic E-state index is 12.1. The number of nitrogens with one attached hydrogen (secondary N) is 1. The van der Waals surface area contributed by atoms with Crippen molar-refractivity contribution in [1.29, 1.82) is 0 Å². The lowest BCUT2D eigenvalue weighted by atomic mass is 10.2. The summed E-state index contributed by atoms with van der Waals surface area (Å²) >= 11 is 3.46. The van der Waals surface area contributed by atoms with Gasteiger partial charge in [-0.1, -0.05) is 64.5 Å². The second-order valence-electron chi connectivity index (χ2n) is 6.35. The zero-order valence-electron chi connectivity index (χ0n) is 14.6. The molecule has 3 rings (SSSR count). The van der Waals surface area contributed by atoms with Crippen LogP contribution in [0.3, 0.4) is 0 Å². The normalized spacial score (nSPS) is 16.0. The largest absolute Gasteiger partial charge is 0.297 e. The van der Waals surface area contributed by atoms with E-state index in [-0.39, 0.29) is 5.91 Å². The van der Waals surface area contributed by atoms with Crippen LogP contribution in [0.4, 0.5) is 0 Å². The van der Waals surface area contributed by atoms with Crippen LogP contribution in [-0.2, 0) is 11.3 Å². The first-order chi connectivity index (χ1) is 12.7. The lowest BCUT2D eigenvalue weighted by Crippen LogP contribution is -2.48. The van der Waals surface area contributed by atoms with Gasteiger partial charge in [0.25, 0.3) is 5.91 Å². The fourth-order valence-electron chi connectivity index (χ4n) is 2.94. The predicted molar refractivity (Wildman–Crippen MR) is 108 cm³/mol. The summed E-state index contributed by atoms with van der Waals surface area (Å²) < 4.78 is 0.951. The monoisotopic (exact) mass is 414 g/mol. The van der Waals surface area contributed by atoms with Crippen molar-refractivity contribution in [3.8, 4) is 0 Å². The van der Waals surface area contributed by atoms with Crippen LogP contribution in [0.25, 0.3) is 0 Å². The van der Waals surface area contributed by atoms with Crippen LogP contribution in [-0.4, -0.2) is 54.6 Å². The van der Waals surface area contributed by atoms with E-state index < -0.39 is 0 Å². The van der Waals surface area contributed by atoms with Gasteiger partial charge in [-0.15, -0.1) is 0 Å². The van der Waals surface area contributed by atoms with E-state index in [1.165, 1.54) is 5.56 Å². The molecule has 2 aromatic carbocycles. The van der Waals surface area contributed by atoms with E-state index in [9.17, 15) is 4.79 Å². The van der Waals surface area contributed by atoms with Gasteiger partial charge < -0.3 is 0 Å². The summed E-state index contributed by atoms with van der Waals surface area (Å²) in [5.41, 5.74) is 4.88. The fraction of sp³-hybridized carbons (Fsp3) is 0.300. The highest BCUT2D eigenvalue weighted by Crippen LogP contribution is 2.13. The van der Waals surface area contributed by atoms with Crippen molar-refractivity contribution in [3.63, 3.8) is 0 Å². The Balaban J connectivity index is 1.39. The molecule has 2 aromatic rings. The molecule has 0 aromatic heterocycles. The van der Waals surface area contributed by atoms with Crippen LogP contribution in [0, 0.1) is 0 Å². The second kappa shape index (κ2) is 9.62. The molecule has 1 aliphatic rings. The number of nitrogens with zero attached hydrogens (tertiary/aromatic N) is 3. The first-order valence-electron chi connectivity index (χ1n) is 8.76. The van der Waals surface area contributed by atoms with Gasteiger partial charge in [-0.25, -0.2) is 5.43 Å². The molecule has 0 bridgehead atoms. The van der Waals surface area contributed by atoms with E-state index in [1.54, 1.807) is 6.21 Å². The lowest BCUT2D eigenvalue weighted by Gasteiger charge is -2.34. The van der Waals surface area contributed by atoms with Crippen molar-refractivity contribution >= 4 is 28.1 Å². The molecule has 0 spiro atoms. The van der Waals surface area contributed by atoms with Crippen LogP contribution in [0.2, 0.25) is 0 Å². The third-order valence-electron chi connectivity index (χ3n) is 4.38. The summed E-state index contributed by atoms with van der Waals surface area (Å²) in [4.78, 5) is 16.7. The van der Waals surface area contributed by atoms with Crippen LogP contribution in [0.15, 0.2) is 64.2 Å². The van der Waals surface area contributed by atoms with E-state index in [2.05, 4.69) is 60.5 Å². The molecule has 1 saturated heterocycles. The molecule has 0 unspecified atom stereocenters. The van der Waals surface area contributed by atoms with Gasteiger partial charge in [0, 0.05) is 42.8 Å². The highest BCUT2D eigenvalue weighted by atomic mass is 79.9. The fourth-order valence-corrected chi connectivity index (χ4v) is 3.33. The molecule has 0 atom stereocenters. The van der Waals surface area contributed by atoms with Gasteiger partial charge in [0.2, 0.25) is 0 Å². The van der Waals surface area contributed by atoms with Gasteiger partial charge in [-0.3, -0.25) is 14.6 Å². The van der Waals surface area contributed by atoms with Gasteiger partial charge in [0.15, 0.2) is 0 Å². The first kappa shape index (κ1) is 18.8. The third-order valence-corrected chi connectivity index (χ3v) is 5.10. The van der Waals surface area contributed by atoms with E-state index >= 15 is 0 Å². The quantitative estimate of drug-likeness (QED) is 0.583. The van der Waals surface area contributed by atoms with E-state index in [1.807, 2.05) is 30.3 Å². The number of carbonyl (C=O) groups excluding carboxylic acids is 1. The Morgan fingerprint density at radius 3 is 2.38 bits per heavy atom. The van der Waals surface area contributed by atoms with Crippen molar-refractivity contribution in [2.45, 2.75) is 6.54 Å². The lowest BCUT2D eigenvalue weighted by molar-refractivity contribution is -0.122. The highest BCUT2D eigenvalue weighted by Gasteiger charge is 2.18. The summed E-state index contributed by atoms with van der Waals surface area (Å²) in [7, 11) is 0. The van der Waals surface area contributed by atoms with Gasteiger partial charge in [-0.05, 0) is 11.6 Å². The Morgan fingerprint density at radius 1 is 1.00 bits per heavy atom. The van der Waals surface area contributed by atoms with Crippen molar-refractivity contribution < 1.29 is 4.79 Å². The van der Waals surface area contributed by atoms with E-state index in [0.29, 0.717) is 6.54 Å². The summed E-state index contributed by atoms with van der Waals surface area (Å²) in [5.74, 6) is -0.0789. The Hall–Kier alpha value is -2.02. The van der Waals surface area contributed by atoms with Crippen molar-refractivity contribution in [2.24, 2.45) is 5.10 Å². The number of hydrogen-bond donors (Lipinski definition) is 1. The first-order valence-corrected chi connectivity index (χ1v) is 9.55. The molecule has 1 aliphatic heterocycles. The Bertz CT molecular complexity index is 742. The second-order valence-corrected chi connectivity index (χ2v) is 7.21. The van der Waals surface area contributed by atoms with Gasteiger partial charge >= 0.3 is 0 Å². The van der Waals surface area contributed by atoms with Crippen LogP contribution < -0.4 is 5.43 Å². The molecular formula is C20H23BrN4O. The number of carbonyl (C=O) groups is 1. The minimum atomic E-state index is -0.0789. The molecule has 1 heterocycles. The zero-order valence-corrected chi connectivity index (χ0v) is 16.2. The summed E-state index contributed by atoms with van der Waals surface area (Å²) in [6, 6.07) is 18.3. The number of hydrogen-bond acceptors (Lipinski definition) is 4. The molecule has 0 saturated carbocycles. The SMILES string of the molecule is O=C(CN1CCN(Cc2ccccc2)CC1)NN=Cc1ccccc1Br. The summed E-state index contributed by atoms with van der Waals surface area (Å²) in [6.45, 7) is 5.09. The average Bonchev–Trinajstić information content (AvgIpc) is 2.66. The van der Waals surface area contributed by atoms with E-state index in [0.717, 1.165) is 42.8 Å². The van der Waals surface area contributed by atoms with Gasteiger partial charge in [-0.2, -0.15) is 5.10 Å².